The van der Waals surface area contributed by atoms with Crippen LogP contribution in [0.25, 0.3) is 0 Å². The average molecular weight is 278 g/mol. The maximum absolute atomic E-state index is 12.0. The number of aryl methyl sites for hydroxylation is 1. The van der Waals surface area contributed by atoms with Gasteiger partial charge in [0.25, 0.3) is 5.56 Å². The van der Waals surface area contributed by atoms with E-state index >= 15 is 0 Å². The number of aromatic nitrogens is 2. The Morgan fingerprint density at radius 1 is 1.50 bits per heavy atom. The smallest absolute Gasteiger partial charge is 0.285 e. The second kappa shape index (κ2) is 7.40. The third-order valence-electron chi connectivity index (χ3n) is 2.89. The summed E-state index contributed by atoms with van der Waals surface area (Å²) in [6.07, 6.45) is 0.695. The molecule has 108 valence electrons. The molecule has 0 fully saturated rings. The molecule has 20 heavy (non-hydrogen) atoms. The van der Waals surface area contributed by atoms with Crippen molar-refractivity contribution in [3.63, 3.8) is 0 Å². The molecule has 1 rings (SSSR count). The van der Waals surface area contributed by atoms with Gasteiger partial charge in [-0.25, -0.2) is 4.68 Å². The minimum Gasteiger partial charge on any atom is -0.385 e. The zero-order chi connectivity index (χ0) is 15.1. The fourth-order valence-corrected chi connectivity index (χ4v) is 1.65. The van der Waals surface area contributed by atoms with Gasteiger partial charge in [0.1, 0.15) is 18.2 Å². The van der Waals surface area contributed by atoms with Crippen molar-refractivity contribution in [2.24, 2.45) is 0 Å². The van der Waals surface area contributed by atoms with Crippen LogP contribution in [0.15, 0.2) is 4.79 Å². The van der Waals surface area contributed by atoms with Gasteiger partial charge in [-0.2, -0.15) is 10.4 Å². The van der Waals surface area contributed by atoms with E-state index < -0.39 is 5.56 Å². The SMILES string of the molecule is COCCCNC(=O)Cn1nc(C)c(C)c(C#N)c1=O. The zero-order valence-corrected chi connectivity index (χ0v) is 11.9. The van der Waals surface area contributed by atoms with Crippen molar-refractivity contribution in [1.29, 1.82) is 5.26 Å². The molecule has 0 spiro atoms. The van der Waals surface area contributed by atoms with Gasteiger partial charge in [-0.05, 0) is 25.8 Å². The van der Waals surface area contributed by atoms with Gasteiger partial charge in [-0.3, -0.25) is 9.59 Å². The van der Waals surface area contributed by atoms with Crippen LogP contribution in [0.5, 0.6) is 0 Å². The molecule has 1 aromatic rings. The number of nitriles is 1. The van der Waals surface area contributed by atoms with Crippen LogP contribution < -0.4 is 10.9 Å². The largest absolute Gasteiger partial charge is 0.385 e. The second-order valence-electron chi connectivity index (χ2n) is 4.36. The van der Waals surface area contributed by atoms with Crippen LogP contribution >= 0.6 is 0 Å². The molecule has 1 heterocycles. The van der Waals surface area contributed by atoms with Crippen LogP contribution in [0, 0.1) is 25.2 Å². The van der Waals surface area contributed by atoms with E-state index in [0.717, 1.165) is 4.68 Å². The van der Waals surface area contributed by atoms with Crippen LogP contribution in [0.4, 0.5) is 0 Å². The quantitative estimate of drug-likeness (QED) is 0.732. The number of nitrogens with one attached hydrogen (secondary N) is 1. The lowest BCUT2D eigenvalue weighted by Gasteiger charge is -2.09. The van der Waals surface area contributed by atoms with Crippen LogP contribution in [-0.4, -0.2) is 35.9 Å². The lowest BCUT2D eigenvalue weighted by atomic mass is 10.1. The zero-order valence-electron chi connectivity index (χ0n) is 11.9. The monoisotopic (exact) mass is 278 g/mol. The molecule has 0 radical (unpaired) electrons. The van der Waals surface area contributed by atoms with Crippen molar-refractivity contribution in [3.8, 4) is 6.07 Å². The third kappa shape index (κ3) is 3.90. The summed E-state index contributed by atoms with van der Waals surface area (Å²) >= 11 is 0. The van der Waals surface area contributed by atoms with Gasteiger partial charge in [0.15, 0.2) is 0 Å². The van der Waals surface area contributed by atoms with Crippen LogP contribution in [0.3, 0.4) is 0 Å². The summed E-state index contributed by atoms with van der Waals surface area (Å²) in [7, 11) is 1.59. The van der Waals surface area contributed by atoms with E-state index in [1.165, 1.54) is 0 Å². The Morgan fingerprint density at radius 2 is 2.20 bits per heavy atom. The van der Waals surface area contributed by atoms with E-state index in [2.05, 4.69) is 10.4 Å². The summed E-state index contributed by atoms with van der Waals surface area (Å²) in [5.74, 6) is -0.317. The topological polar surface area (TPSA) is 97.0 Å². The van der Waals surface area contributed by atoms with Crippen molar-refractivity contribution in [2.45, 2.75) is 26.8 Å². The molecular weight excluding hydrogens is 260 g/mol. The normalized spacial score (nSPS) is 10.1. The Kier molecular flexibility index (Phi) is 5.87. The van der Waals surface area contributed by atoms with E-state index in [0.29, 0.717) is 30.8 Å². The molecule has 1 aromatic heterocycles. The minimum atomic E-state index is -0.539. The maximum Gasteiger partial charge on any atom is 0.285 e. The molecule has 0 bridgehead atoms. The number of nitrogens with zero attached hydrogens (tertiary/aromatic N) is 3. The van der Waals surface area contributed by atoms with Gasteiger partial charge >= 0.3 is 0 Å². The Morgan fingerprint density at radius 3 is 2.80 bits per heavy atom. The molecule has 0 saturated heterocycles. The number of carbonyl (C=O) groups excluding carboxylic acids is 1. The lowest BCUT2D eigenvalue weighted by molar-refractivity contribution is -0.121. The molecule has 0 saturated carbocycles. The number of rotatable bonds is 6. The molecule has 1 N–H and O–H groups in total. The molecular formula is C13H18N4O3. The molecule has 0 aliphatic rings. The fourth-order valence-electron chi connectivity index (χ4n) is 1.65. The van der Waals surface area contributed by atoms with Crippen molar-refractivity contribution in [1.82, 2.24) is 15.1 Å². The third-order valence-corrected chi connectivity index (χ3v) is 2.89. The summed E-state index contributed by atoms with van der Waals surface area (Å²) in [5.41, 5.74) is 0.606. The first-order valence-electron chi connectivity index (χ1n) is 6.25. The molecule has 0 aromatic carbocycles. The van der Waals surface area contributed by atoms with E-state index in [9.17, 15) is 9.59 Å². The Hall–Kier alpha value is -2.20. The highest BCUT2D eigenvalue weighted by Crippen LogP contribution is 2.04. The van der Waals surface area contributed by atoms with Gasteiger partial charge in [-0.15, -0.1) is 0 Å². The predicted octanol–water partition coefficient (Wildman–Crippen LogP) is -0.115. The van der Waals surface area contributed by atoms with E-state index in [-0.39, 0.29) is 18.0 Å². The number of hydrogen-bond donors (Lipinski definition) is 1. The molecule has 0 aliphatic carbocycles. The molecule has 7 nitrogen and oxygen atoms in total. The summed E-state index contributed by atoms with van der Waals surface area (Å²) < 4.78 is 5.89. The average Bonchev–Trinajstić information content (AvgIpc) is 2.42. The molecule has 1 amide bonds. The number of methoxy groups -OCH3 is 1. The highest BCUT2D eigenvalue weighted by Gasteiger charge is 2.13. The standard InChI is InChI=1S/C13H18N4O3/c1-9-10(2)16-17(13(19)11(9)7-14)8-12(18)15-5-4-6-20-3/h4-6,8H2,1-3H3,(H,15,18). The van der Waals surface area contributed by atoms with Crippen molar-refractivity contribution < 1.29 is 9.53 Å². The number of hydrogen-bond acceptors (Lipinski definition) is 5. The highest BCUT2D eigenvalue weighted by molar-refractivity contribution is 5.75. The predicted molar refractivity (Wildman–Crippen MR) is 72.2 cm³/mol. The van der Waals surface area contributed by atoms with Crippen molar-refractivity contribution >= 4 is 5.91 Å². The molecule has 0 aliphatic heterocycles. The summed E-state index contributed by atoms with van der Waals surface area (Å²) in [6, 6.07) is 1.86. The maximum atomic E-state index is 12.0. The Balaban J connectivity index is 2.79. The summed E-state index contributed by atoms with van der Waals surface area (Å²) in [4.78, 5) is 23.7. The van der Waals surface area contributed by atoms with Crippen molar-refractivity contribution in [2.75, 3.05) is 20.3 Å². The van der Waals surface area contributed by atoms with Crippen LogP contribution in [0.2, 0.25) is 0 Å². The van der Waals surface area contributed by atoms with E-state index in [4.69, 9.17) is 10.00 Å². The van der Waals surface area contributed by atoms with Gasteiger partial charge < -0.3 is 10.1 Å². The first-order chi connectivity index (χ1) is 9.51. The van der Waals surface area contributed by atoms with Gasteiger partial charge in [0, 0.05) is 20.3 Å². The number of ether oxygens (including phenoxy) is 1. The Labute approximate surface area is 117 Å². The first-order valence-corrected chi connectivity index (χ1v) is 6.25. The van der Waals surface area contributed by atoms with Crippen molar-refractivity contribution in [3.05, 3.63) is 27.2 Å². The van der Waals surface area contributed by atoms with Crippen LogP contribution in [-0.2, 0) is 16.1 Å². The Bertz CT molecular complexity index is 587. The molecule has 0 atom stereocenters. The van der Waals surface area contributed by atoms with Crippen LogP contribution in [0.1, 0.15) is 23.2 Å². The molecule has 0 unspecified atom stereocenters. The summed E-state index contributed by atoms with van der Waals surface area (Å²) in [5, 5.41) is 15.7. The summed E-state index contributed by atoms with van der Waals surface area (Å²) in [6.45, 7) is 4.19. The fraction of sp³-hybridized carbons (Fsp3) is 0.538. The van der Waals surface area contributed by atoms with Gasteiger partial charge in [-0.1, -0.05) is 0 Å². The molecule has 7 heteroatoms. The van der Waals surface area contributed by atoms with E-state index in [1.807, 2.05) is 6.07 Å². The second-order valence-corrected chi connectivity index (χ2v) is 4.36. The van der Waals surface area contributed by atoms with E-state index in [1.54, 1.807) is 21.0 Å². The lowest BCUT2D eigenvalue weighted by Crippen LogP contribution is -2.36. The van der Waals surface area contributed by atoms with Gasteiger partial charge in [0.2, 0.25) is 5.91 Å². The minimum absolute atomic E-state index is 0.0321. The number of carbonyl (C=O) groups is 1. The highest BCUT2D eigenvalue weighted by atomic mass is 16.5. The van der Waals surface area contributed by atoms with Gasteiger partial charge in [0.05, 0.1) is 5.69 Å². The first kappa shape index (κ1) is 15.9. The number of amides is 1.